The summed E-state index contributed by atoms with van der Waals surface area (Å²) in [6, 6.07) is 7.34. The van der Waals surface area contributed by atoms with Crippen molar-refractivity contribution in [2.24, 2.45) is 0 Å². The molecule has 15 heavy (non-hydrogen) atoms. The molecule has 0 aromatic heterocycles. The molecule has 1 aliphatic heterocycles. The predicted molar refractivity (Wildman–Crippen MR) is 57.3 cm³/mol. The number of rotatable bonds is 2. The van der Waals surface area contributed by atoms with Gasteiger partial charge in [0.1, 0.15) is 5.76 Å². The van der Waals surface area contributed by atoms with Crippen LogP contribution in [0.15, 0.2) is 36.2 Å². The Morgan fingerprint density at radius 1 is 1.40 bits per heavy atom. The van der Waals surface area contributed by atoms with Crippen LogP contribution in [0.25, 0.3) is 0 Å². The molecule has 1 amide bonds. The smallest absolute Gasteiger partial charge is 0.234 e. The van der Waals surface area contributed by atoms with E-state index in [4.69, 9.17) is 11.6 Å². The van der Waals surface area contributed by atoms with Gasteiger partial charge in [-0.25, -0.2) is 0 Å². The summed E-state index contributed by atoms with van der Waals surface area (Å²) in [5, 5.41) is 9.81. The first-order valence-electron chi connectivity index (χ1n) is 4.59. The number of aliphatic hydroxyl groups excluding tert-OH is 1. The van der Waals surface area contributed by atoms with E-state index in [-0.39, 0.29) is 18.1 Å². The number of carbonyl (C=O) groups is 1. The fourth-order valence-corrected chi connectivity index (χ4v) is 1.69. The maximum atomic E-state index is 11.4. The van der Waals surface area contributed by atoms with Gasteiger partial charge in [0.05, 0.1) is 13.0 Å². The lowest BCUT2D eigenvalue weighted by Crippen LogP contribution is -2.20. The zero-order valence-corrected chi connectivity index (χ0v) is 8.74. The molecule has 0 unspecified atom stereocenters. The molecular formula is C11H10ClNO2. The van der Waals surface area contributed by atoms with Crippen LogP contribution in [0.4, 0.5) is 0 Å². The molecule has 0 saturated carbocycles. The number of amides is 1. The van der Waals surface area contributed by atoms with Gasteiger partial charge in [0, 0.05) is 11.2 Å². The van der Waals surface area contributed by atoms with E-state index in [1.165, 1.54) is 11.1 Å². The summed E-state index contributed by atoms with van der Waals surface area (Å²) in [5.74, 6) is -0.000488. The highest BCUT2D eigenvalue weighted by atomic mass is 35.5. The first-order valence-corrected chi connectivity index (χ1v) is 4.97. The van der Waals surface area contributed by atoms with Crippen LogP contribution in [0.1, 0.15) is 12.0 Å². The Kier molecular flexibility index (Phi) is 2.64. The van der Waals surface area contributed by atoms with Crippen molar-refractivity contribution in [3.05, 3.63) is 46.8 Å². The van der Waals surface area contributed by atoms with Crippen molar-refractivity contribution in [2.45, 2.75) is 13.0 Å². The van der Waals surface area contributed by atoms with E-state index in [9.17, 15) is 9.90 Å². The molecule has 0 saturated heterocycles. The molecule has 1 aliphatic rings. The molecule has 0 radical (unpaired) electrons. The molecule has 0 bridgehead atoms. The summed E-state index contributed by atoms with van der Waals surface area (Å²) in [7, 11) is 0. The van der Waals surface area contributed by atoms with Crippen LogP contribution in [0, 0.1) is 0 Å². The molecule has 0 spiro atoms. The van der Waals surface area contributed by atoms with Crippen LogP contribution in [-0.2, 0) is 11.3 Å². The average Bonchev–Trinajstić information content (AvgIpc) is 2.49. The van der Waals surface area contributed by atoms with Gasteiger partial charge in [0.2, 0.25) is 5.91 Å². The van der Waals surface area contributed by atoms with E-state index < -0.39 is 0 Å². The highest BCUT2D eigenvalue weighted by molar-refractivity contribution is 6.31. The van der Waals surface area contributed by atoms with Gasteiger partial charge >= 0.3 is 0 Å². The van der Waals surface area contributed by atoms with Crippen LogP contribution in [-0.4, -0.2) is 15.9 Å². The first kappa shape index (κ1) is 10.1. The van der Waals surface area contributed by atoms with Crippen molar-refractivity contribution in [3.8, 4) is 0 Å². The summed E-state index contributed by atoms with van der Waals surface area (Å²) >= 11 is 5.97. The second-order valence-electron chi connectivity index (χ2n) is 3.41. The SMILES string of the molecule is O=C1CC(O)=CN1Cc1ccccc1Cl. The van der Waals surface area contributed by atoms with Crippen molar-refractivity contribution in [2.75, 3.05) is 0 Å². The second kappa shape index (κ2) is 3.95. The van der Waals surface area contributed by atoms with Crippen molar-refractivity contribution in [3.63, 3.8) is 0 Å². The second-order valence-corrected chi connectivity index (χ2v) is 3.82. The fraction of sp³-hybridized carbons (Fsp3) is 0.182. The molecule has 1 N–H and O–H groups in total. The van der Waals surface area contributed by atoms with E-state index in [0.29, 0.717) is 11.6 Å². The molecule has 0 fully saturated rings. The Morgan fingerprint density at radius 3 is 2.73 bits per heavy atom. The number of halogens is 1. The van der Waals surface area contributed by atoms with E-state index in [1.54, 1.807) is 6.07 Å². The van der Waals surface area contributed by atoms with Gasteiger partial charge in [-0.2, -0.15) is 0 Å². The van der Waals surface area contributed by atoms with Crippen molar-refractivity contribution in [1.82, 2.24) is 4.90 Å². The maximum absolute atomic E-state index is 11.4. The third kappa shape index (κ3) is 2.13. The Balaban J connectivity index is 2.16. The fourth-order valence-electron chi connectivity index (χ4n) is 1.50. The normalized spacial score (nSPS) is 15.7. The molecule has 4 heteroatoms. The highest BCUT2D eigenvalue weighted by Crippen LogP contribution is 2.21. The number of nitrogens with zero attached hydrogens (tertiary/aromatic N) is 1. The lowest BCUT2D eigenvalue weighted by molar-refractivity contribution is -0.127. The summed E-state index contributed by atoms with van der Waals surface area (Å²) < 4.78 is 0. The molecule has 3 nitrogen and oxygen atoms in total. The molecule has 1 aromatic carbocycles. The van der Waals surface area contributed by atoms with Crippen LogP contribution in [0.3, 0.4) is 0 Å². The van der Waals surface area contributed by atoms with E-state index in [0.717, 1.165) is 5.56 Å². The monoisotopic (exact) mass is 223 g/mol. The van der Waals surface area contributed by atoms with E-state index in [1.807, 2.05) is 18.2 Å². The van der Waals surface area contributed by atoms with Gasteiger partial charge in [-0.3, -0.25) is 4.79 Å². The molecule has 0 aliphatic carbocycles. The van der Waals surface area contributed by atoms with Crippen LogP contribution >= 0.6 is 11.6 Å². The lowest BCUT2D eigenvalue weighted by Gasteiger charge is -2.13. The van der Waals surface area contributed by atoms with Crippen LogP contribution in [0.5, 0.6) is 0 Å². The molecule has 1 heterocycles. The van der Waals surface area contributed by atoms with E-state index >= 15 is 0 Å². The van der Waals surface area contributed by atoms with Gasteiger partial charge in [-0.05, 0) is 11.6 Å². The standard InChI is InChI=1S/C11H10ClNO2/c12-10-4-2-1-3-8(10)6-13-7-9(14)5-11(13)15/h1-4,7,14H,5-6H2. The number of hydrogen-bond donors (Lipinski definition) is 1. The molecule has 1 aromatic rings. The van der Waals surface area contributed by atoms with Gasteiger partial charge in [-0.15, -0.1) is 0 Å². The van der Waals surface area contributed by atoms with Gasteiger partial charge in [-0.1, -0.05) is 29.8 Å². The Bertz CT molecular complexity index is 428. The molecule has 2 rings (SSSR count). The predicted octanol–water partition coefficient (Wildman–Crippen LogP) is 2.47. The molecular weight excluding hydrogens is 214 g/mol. The van der Waals surface area contributed by atoms with Crippen LogP contribution < -0.4 is 0 Å². The topological polar surface area (TPSA) is 40.5 Å². The summed E-state index contributed by atoms with van der Waals surface area (Å²) in [6.45, 7) is 0.405. The summed E-state index contributed by atoms with van der Waals surface area (Å²) in [5.41, 5.74) is 0.874. The molecule has 0 atom stereocenters. The lowest BCUT2D eigenvalue weighted by atomic mass is 10.2. The number of aliphatic hydroxyl groups is 1. The third-order valence-corrected chi connectivity index (χ3v) is 2.62. The highest BCUT2D eigenvalue weighted by Gasteiger charge is 2.21. The Hall–Kier alpha value is -1.48. The van der Waals surface area contributed by atoms with Gasteiger partial charge in [0.15, 0.2) is 0 Å². The zero-order valence-electron chi connectivity index (χ0n) is 7.98. The Morgan fingerprint density at radius 2 is 2.13 bits per heavy atom. The number of carbonyl (C=O) groups excluding carboxylic acids is 1. The largest absolute Gasteiger partial charge is 0.510 e. The minimum atomic E-state index is -0.104. The number of hydrogen-bond acceptors (Lipinski definition) is 2. The van der Waals surface area contributed by atoms with Crippen molar-refractivity contribution in [1.29, 1.82) is 0 Å². The first-order chi connectivity index (χ1) is 7.16. The quantitative estimate of drug-likeness (QED) is 0.837. The van der Waals surface area contributed by atoms with Crippen LogP contribution in [0.2, 0.25) is 5.02 Å². The minimum absolute atomic E-state index is 0.0878. The number of benzene rings is 1. The summed E-state index contributed by atoms with van der Waals surface area (Å²) in [4.78, 5) is 12.8. The zero-order chi connectivity index (χ0) is 10.8. The third-order valence-electron chi connectivity index (χ3n) is 2.26. The molecule has 78 valence electrons. The van der Waals surface area contributed by atoms with Crippen molar-refractivity contribution < 1.29 is 9.90 Å². The van der Waals surface area contributed by atoms with Gasteiger partial charge in [0.25, 0.3) is 0 Å². The van der Waals surface area contributed by atoms with Crippen molar-refractivity contribution >= 4 is 17.5 Å². The minimum Gasteiger partial charge on any atom is -0.510 e. The Labute approximate surface area is 92.6 Å². The average molecular weight is 224 g/mol. The maximum Gasteiger partial charge on any atom is 0.234 e. The van der Waals surface area contributed by atoms with Gasteiger partial charge < -0.3 is 10.0 Å². The van der Waals surface area contributed by atoms with E-state index in [2.05, 4.69) is 0 Å². The summed E-state index contributed by atoms with van der Waals surface area (Å²) in [6.07, 6.45) is 1.54.